The highest BCUT2D eigenvalue weighted by molar-refractivity contribution is 6.12. The molecule has 12 rings (SSSR count). The summed E-state index contributed by atoms with van der Waals surface area (Å²) in [6.07, 6.45) is 0. The summed E-state index contributed by atoms with van der Waals surface area (Å²) in [5, 5.41) is 4.83. The van der Waals surface area contributed by atoms with Gasteiger partial charge in [0.1, 0.15) is 0 Å². The molecule has 0 atom stereocenters. The van der Waals surface area contributed by atoms with Crippen molar-refractivity contribution < 1.29 is 0 Å². The Morgan fingerprint density at radius 2 is 0.778 bits per heavy atom. The molecule has 0 fully saturated rings. The number of nitrogens with zero attached hydrogens (tertiary/aromatic N) is 4. The summed E-state index contributed by atoms with van der Waals surface area (Å²) in [5.74, 6) is 0.659. The van der Waals surface area contributed by atoms with Crippen molar-refractivity contribution in [1.82, 2.24) is 19.1 Å². The third-order valence-electron chi connectivity index (χ3n) is 12.4. The van der Waals surface area contributed by atoms with Crippen LogP contribution in [0.1, 0.15) is 5.56 Å². The second-order valence-corrected chi connectivity index (χ2v) is 16.2. The molecule has 296 valence electrons. The van der Waals surface area contributed by atoms with E-state index in [1.807, 2.05) is 12.1 Å². The van der Waals surface area contributed by atoms with Crippen LogP contribution < -0.4 is 0 Å². The molecule has 0 saturated carbocycles. The maximum Gasteiger partial charge on any atom is 0.161 e. The van der Waals surface area contributed by atoms with Crippen molar-refractivity contribution in [3.05, 3.63) is 230 Å². The fourth-order valence-corrected chi connectivity index (χ4v) is 9.50. The van der Waals surface area contributed by atoms with Gasteiger partial charge >= 0.3 is 0 Å². The molecule has 12 aromatic rings. The first kappa shape index (κ1) is 36.5. The van der Waals surface area contributed by atoms with E-state index in [0.717, 1.165) is 72.6 Å². The van der Waals surface area contributed by atoms with Crippen LogP contribution >= 0.6 is 0 Å². The molecular formula is C59H40N4. The Balaban J connectivity index is 1.20. The van der Waals surface area contributed by atoms with Gasteiger partial charge in [0.05, 0.1) is 44.8 Å². The van der Waals surface area contributed by atoms with E-state index in [2.05, 4.69) is 228 Å². The molecule has 0 spiro atoms. The molecule has 0 radical (unpaired) electrons. The number of hydrogen-bond acceptors (Lipinski definition) is 2. The molecule has 0 aliphatic carbocycles. The Labute approximate surface area is 365 Å². The Hall–Kier alpha value is -8.34. The van der Waals surface area contributed by atoms with Gasteiger partial charge in [-0.3, -0.25) is 0 Å². The molecule has 0 saturated heterocycles. The molecular weight excluding hydrogens is 765 g/mol. The van der Waals surface area contributed by atoms with Gasteiger partial charge in [-0.2, -0.15) is 0 Å². The lowest BCUT2D eigenvalue weighted by molar-refractivity contribution is 1.15. The maximum absolute atomic E-state index is 5.45. The molecule has 3 heterocycles. The van der Waals surface area contributed by atoms with Gasteiger partial charge in [0.15, 0.2) is 5.82 Å². The third kappa shape index (κ3) is 6.14. The largest absolute Gasteiger partial charge is 0.309 e. The van der Waals surface area contributed by atoms with Crippen LogP contribution in [0.5, 0.6) is 0 Å². The first-order valence-electron chi connectivity index (χ1n) is 21.5. The van der Waals surface area contributed by atoms with Crippen LogP contribution in [-0.4, -0.2) is 19.1 Å². The number of para-hydroxylation sites is 4. The van der Waals surface area contributed by atoms with Gasteiger partial charge in [-0.05, 0) is 66.6 Å². The number of rotatable bonds is 7. The summed E-state index contributed by atoms with van der Waals surface area (Å²) in [6, 6.07) is 80.4. The van der Waals surface area contributed by atoms with E-state index in [9.17, 15) is 0 Å². The number of hydrogen-bond donors (Lipinski definition) is 0. The lowest BCUT2D eigenvalue weighted by atomic mass is 9.94. The molecule has 9 aromatic carbocycles. The molecule has 4 nitrogen and oxygen atoms in total. The van der Waals surface area contributed by atoms with Crippen molar-refractivity contribution >= 4 is 43.6 Å². The maximum atomic E-state index is 5.45. The minimum absolute atomic E-state index is 0.659. The molecule has 63 heavy (non-hydrogen) atoms. The SMILES string of the molecule is Cc1ccc(-c2ccc3c(c2)c2ccccc2n3-c2cccc(-c3nc(-c4ccccc4)cc(-c4ccccc4)n3)c2-c2ccccc2-n2c3ccccc3c3ccccc32)cc1. The minimum Gasteiger partial charge on any atom is -0.309 e. The van der Waals surface area contributed by atoms with Crippen molar-refractivity contribution in [1.29, 1.82) is 0 Å². The molecule has 0 amide bonds. The van der Waals surface area contributed by atoms with Gasteiger partial charge in [0.25, 0.3) is 0 Å². The summed E-state index contributed by atoms with van der Waals surface area (Å²) in [4.78, 5) is 10.9. The Morgan fingerprint density at radius 3 is 1.40 bits per heavy atom. The number of aromatic nitrogens is 4. The van der Waals surface area contributed by atoms with Gasteiger partial charge in [-0.1, -0.05) is 181 Å². The fourth-order valence-electron chi connectivity index (χ4n) is 9.50. The van der Waals surface area contributed by atoms with Crippen LogP contribution in [0.3, 0.4) is 0 Å². The second-order valence-electron chi connectivity index (χ2n) is 16.2. The predicted molar refractivity (Wildman–Crippen MR) is 263 cm³/mol. The Morgan fingerprint density at radius 1 is 0.317 bits per heavy atom. The van der Waals surface area contributed by atoms with Gasteiger partial charge in [-0.15, -0.1) is 0 Å². The Bertz CT molecular complexity index is 3560. The molecule has 0 aliphatic rings. The summed E-state index contributed by atoms with van der Waals surface area (Å²) in [6.45, 7) is 2.14. The monoisotopic (exact) mass is 804 g/mol. The highest BCUT2D eigenvalue weighted by Crippen LogP contribution is 2.45. The quantitative estimate of drug-likeness (QED) is 0.161. The molecule has 0 bridgehead atoms. The number of fused-ring (bicyclic) bond motifs is 6. The van der Waals surface area contributed by atoms with E-state index in [-0.39, 0.29) is 0 Å². The average molecular weight is 805 g/mol. The van der Waals surface area contributed by atoms with Crippen LogP contribution in [-0.2, 0) is 0 Å². The smallest absolute Gasteiger partial charge is 0.161 e. The van der Waals surface area contributed by atoms with E-state index in [1.54, 1.807) is 0 Å². The molecule has 0 aliphatic heterocycles. The van der Waals surface area contributed by atoms with Gasteiger partial charge in [0, 0.05) is 49.4 Å². The first-order chi connectivity index (χ1) is 31.2. The fraction of sp³-hybridized carbons (Fsp3) is 0.0169. The Kier molecular flexibility index (Phi) is 8.68. The zero-order chi connectivity index (χ0) is 41.9. The third-order valence-corrected chi connectivity index (χ3v) is 12.4. The average Bonchev–Trinajstić information content (AvgIpc) is 3.87. The predicted octanol–water partition coefficient (Wildman–Crippen LogP) is 15.3. The summed E-state index contributed by atoms with van der Waals surface area (Å²) in [7, 11) is 0. The standard InChI is InChI=1S/C59H40N4/c1-39-31-33-40(34-32-39)43-35-36-56-49(37-43)46-23-10-14-28-54(46)63(56)57-30-16-25-48(59-60-50(41-17-4-2-5-18-41)38-51(61-59)42-19-6-3-7-20-42)58(57)47-24-11-15-29-55(47)62-52-26-12-8-21-44(52)45-22-9-13-27-53(45)62/h2-38H,1H3. The van der Waals surface area contributed by atoms with E-state index in [1.165, 1.54) is 38.2 Å². The highest BCUT2D eigenvalue weighted by Gasteiger charge is 2.24. The van der Waals surface area contributed by atoms with E-state index >= 15 is 0 Å². The van der Waals surface area contributed by atoms with Crippen molar-refractivity contribution in [2.45, 2.75) is 6.92 Å². The summed E-state index contributed by atoms with van der Waals surface area (Å²) >= 11 is 0. The first-order valence-corrected chi connectivity index (χ1v) is 21.5. The number of aryl methyl sites for hydroxylation is 1. The van der Waals surface area contributed by atoms with Gasteiger partial charge in [-0.25, -0.2) is 9.97 Å². The van der Waals surface area contributed by atoms with Crippen molar-refractivity contribution in [2.24, 2.45) is 0 Å². The summed E-state index contributed by atoms with van der Waals surface area (Å²) < 4.78 is 4.88. The zero-order valence-corrected chi connectivity index (χ0v) is 34.7. The van der Waals surface area contributed by atoms with Crippen LogP contribution in [0.15, 0.2) is 224 Å². The minimum atomic E-state index is 0.659. The van der Waals surface area contributed by atoms with E-state index < -0.39 is 0 Å². The highest BCUT2D eigenvalue weighted by atomic mass is 15.0. The summed E-state index contributed by atoms with van der Waals surface area (Å²) in [5.41, 5.74) is 17.2. The van der Waals surface area contributed by atoms with Crippen LogP contribution in [0, 0.1) is 6.92 Å². The molecule has 4 heteroatoms. The van der Waals surface area contributed by atoms with Crippen LogP contribution in [0.2, 0.25) is 0 Å². The normalized spacial score (nSPS) is 11.6. The molecule has 0 unspecified atom stereocenters. The van der Waals surface area contributed by atoms with Crippen LogP contribution in [0.4, 0.5) is 0 Å². The zero-order valence-electron chi connectivity index (χ0n) is 34.7. The second kappa shape index (κ2) is 15.0. The lowest BCUT2D eigenvalue weighted by Crippen LogP contribution is -2.04. The van der Waals surface area contributed by atoms with Crippen molar-refractivity contribution in [3.8, 4) is 67.5 Å². The topological polar surface area (TPSA) is 35.6 Å². The van der Waals surface area contributed by atoms with Crippen molar-refractivity contribution in [3.63, 3.8) is 0 Å². The van der Waals surface area contributed by atoms with Crippen molar-refractivity contribution in [2.75, 3.05) is 0 Å². The molecule has 3 aromatic heterocycles. The van der Waals surface area contributed by atoms with Crippen LogP contribution in [0.25, 0.3) is 111 Å². The molecule has 0 N–H and O–H groups in total. The van der Waals surface area contributed by atoms with Gasteiger partial charge < -0.3 is 9.13 Å². The lowest BCUT2D eigenvalue weighted by Gasteiger charge is -2.21. The van der Waals surface area contributed by atoms with Gasteiger partial charge in [0.2, 0.25) is 0 Å². The van der Waals surface area contributed by atoms with E-state index in [4.69, 9.17) is 9.97 Å². The number of benzene rings is 9. The van der Waals surface area contributed by atoms with E-state index in [0.29, 0.717) is 5.82 Å².